The minimum atomic E-state index is -0.357. The SMILES string of the molecule is CC(=O)OC[C@H](OC(C)=O)[C@@H]1CC[C@@H]2[C@@H]3CC[C@H]4C[C@H](OC(C)=O)CC[C@]4(C)[C@H]3CC[C@@]21C. The van der Waals surface area contributed by atoms with Crippen LogP contribution in [0.2, 0.25) is 0 Å². The van der Waals surface area contributed by atoms with Gasteiger partial charge in [0.2, 0.25) is 0 Å². The molecule has 33 heavy (non-hydrogen) atoms. The normalized spacial score (nSPS) is 42.8. The van der Waals surface area contributed by atoms with E-state index in [9.17, 15) is 14.4 Å². The van der Waals surface area contributed by atoms with Gasteiger partial charge in [0.25, 0.3) is 0 Å². The standard InChI is InChI=1S/C27H42O6/c1-16(28)31-15-25(33-18(3)30)24-9-8-22-21-7-6-19-14-20(32-17(2)29)10-12-26(19,4)23(21)11-13-27(22,24)5/h19-25H,6-15H2,1-5H3/t19-,20+,21-,22+,23-,24-,25-,26-,27-/m0/s1. The Labute approximate surface area is 198 Å². The van der Waals surface area contributed by atoms with E-state index >= 15 is 0 Å². The summed E-state index contributed by atoms with van der Waals surface area (Å²) in [6.45, 7) is 9.45. The van der Waals surface area contributed by atoms with Gasteiger partial charge in [0, 0.05) is 26.7 Å². The zero-order valence-corrected chi connectivity index (χ0v) is 21.1. The van der Waals surface area contributed by atoms with E-state index in [0.717, 1.165) is 38.5 Å². The van der Waals surface area contributed by atoms with Crippen molar-refractivity contribution in [3.05, 3.63) is 0 Å². The fourth-order valence-electron chi connectivity index (χ4n) is 8.86. The van der Waals surface area contributed by atoms with Gasteiger partial charge in [0.15, 0.2) is 0 Å². The molecule has 6 heteroatoms. The molecule has 4 aliphatic rings. The molecule has 0 aromatic heterocycles. The summed E-state index contributed by atoms with van der Waals surface area (Å²) in [7, 11) is 0. The highest BCUT2D eigenvalue weighted by atomic mass is 16.6. The van der Waals surface area contributed by atoms with Crippen LogP contribution in [0.3, 0.4) is 0 Å². The molecule has 0 heterocycles. The van der Waals surface area contributed by atoms with E-state index in [2.05, 4.69) is 13.8 Å². The first-order valence-corrected chi connectivity index (χ1v) is 13.0. The van der Waals surface area contributed by atoms with Gasteiger partial charge < -0.3 is 14.2 Å². The molecule has 0 aromatic rings. The number of rotatable bonds is 5. The van der Waals surface area contributed by atoms with Crippen molar-refractivity contribution < 1.29 is 28.6 Å². The van der Waals surface area contributed by atoms with Gasteiger partial charge in [-0.25, -0.2) is 0 Å². The van der Waals surface area contributed by atoms with Gasteiger partial charge in [0.05, 0.1) is 0 Å². The van der Waals surface area contributed by atoms with Crippen molar-refractivity contribution in [3.8, 4) is 0 Å². The minimum absolute atomic E-state index is 0.0904. The second kappa shape index (κ2) is 9.22. The number of hydrogen-bond donors (Lipinski definition) is 0. The lowest BCUT2D eigenvalue weighted by Gasteiger charge is -2.61. The van der Waals surface area contributed by atoms with Gasteiger partial charge in [-0.3, -0.25) is 14.4 Å². The van der Waals surface area contributed by atoms with E-state index in [1.54, 1.807) is 0 Å². The Morgan fingerprint density at radius 1 is 0.818 bits per heavy atom. The molecule has 0 spiro atoms. The highest BCUT2D eigenvalue weighted by molar-refractivity contribution is 5.67. The van der Waals surface area contributed by atoms with Crippen LogP contribution in [-0.4, -0.2) is 36.7 Å². The van der Waals surface area contributed by atoms with Gasteiger partial charge in [-0.05, 0) is 92.3 Å². The number of fused-ring (bicyclic) bond motifs is 5. The maximum Gasteiger partial charge on any atom is 0.303 e. The van der Waals surface area contributed by atoms with Gasteiger partial charge in [0.1, 0.15) is 18.8 Å². The number of ether oxygens (including phenoxy) is 3. The van der Waals surface area contributed by atoms with Crippen LogP contribution >= 0.6 is 0 Å². The minimum Gasteiger partial charge on any atom is -0.463 e. The fraction of sp³-hybridized carbons (Fsp3) is 0.889. The van der Waals surface area contributed by atoms with Crippen molar-refractivity contribution in [3.63, 3.8) is 0 Å². The molecular weight excluding hydrogens is 420 g/mol. The Morgan fingerprint density at radius 3 is 2.18 bits per heavy atom. The molecule has 4 fully saturated rings. The maximum atomic E-state index is 11.8. The van der Waals surface area contributed by atoms with Gasteiger partial charge in [-0.2, -0.15) is 0 Å². The quantitative estimate of drug-likeness (QED) is 0.419. The Balaban J connectivity index is 1.50. The van der Waals surface area contributed by atoms with Crippen LogP contribution in [0.1, 0.15) is 92.4 Å². The topological polar surface area (TPSA) is 78.9 Å². The van der Waals surface area contributed by atoms with E-state index in [0.29, 0.717) is 29.1 Å². The Bertz CT molecular complexity index is 779. The Kier molecular flexibility index (Phi) is 6.85. The van der Waals surface area contributed by atoms with Crippen molar-refractivity contribution >= 4 is 17.9 Å². The fourth-order valence-corrected chi connectivity index (χ4v) is 8.86. The maximum absolute atomic E-state index is 11.8. The molecule has 0 radical (unpaired) electrons. The second-order valence-electron chi connectivity index (χ2n) is 11.8. The molecule has 9 atom stereocenters. The summed E-state index contributed by atoms with van der Waals surface area (Å²) in [5.41, 5.74) is 0.436. The van der Waals surface area contributed by atoms with Crippen LogP contribution in [-0.2, 0) is 28.6 Å². The van der Waals surface area contributed by atoms with Crippen LogP contribution in [0.5, 0.6) is 0 Å². The number of carbonyl (C=O) groups is 3. The molecule has 4 rings (SSSR count). The number of carbonyl (C=O) groups excluding carboxylic acids is 3. The highest BCUT2D eigenvalue weighted by Crippen LogP contribution is 2.68. The van der Waals surface area contributed by atoms with Crippen molar-refractivity contribution in [2.45, 2.75) is 105 Å². The second-order valence-corrected chi connectivity index (χ2v) is 11.8. The third-order valence-electron chi connectivity index (χ3n) is 10.2. The first kappa shape index (κ1) is 24.5. The van der Waals surface area contributed by atoms with E-state index in [1.165, 1.54) is 40.0 Å². The van der Waals surface area contributed by atoms with Crippen molar-refractivity contribution in [2.24, 2.45) is 40.4 Å². The first-order chi connectivity index (χ1) is 15.5. The Morgan fingerprint density at radius 2 is 1.52 bits per heavy atom. The van der Waals surface area contributed by atoms with Crippen molar-refractivity contribution in [1.29, 1.82) is 0 Å². The summed E-state index contributed by atoms with van der Waals surface area (Å²) in [4.78, 5) is 34.8. The van der Waals surface area contributed by atoms with Gasteiger partial charge in [-0.15, -0.1) is 0 Å². The zero-order valence-electron chi connectivity index (χ0n) is 21.1. The third-order valence-corrected chi connectivity index (χ3v) is 10.2. The summed E-state index contributed by atoms with van der Waals surface area (Å²) in [6.07, 6.45) is 9.87. The number of esters is 3. The molecule has 0 aromatic carbocycles. The van der Waals surface area contributed by atoms with E-state index < -0.39 is 0 Å². The molecule has 0 saturated heterocycles. The molecule has 0 aliphatic heterocycles. The molecule has 4 aliphatic carbocycles. The van der Waals surface area contributed by atoms with Crippen LogP contribution in [0.15, 0.2) is 0 Å². The molecule has 0 unspecified atom stereocenters. The molecule has 4 saturated carbocycles. The van der Waals surface area contributed by atoms with E-state index in [4.69, 9.17) is 14.2 Å². The molecule has 0 bridgehead atoms. The van der Waals surface area contributed by atoms with Crippen LogP contribution in [0.4, 0.5) is 0 Å². The molecule has 0 amide bonds. The molecule has 0 N–H and O–H groups in total. The van der Waals surface area contributed by atoms with E-state index in [-0.39, 0.29) is 48.1 Å². The largest absolute Gasteiger partial charge is 0.463 e. The lowest BCUT2D eigenvalue weighted by atomic mass is 9.44. The molecular formula is C27H42O6. The lowest BCUT2D eigenvalue weighted by Crippen LogP contribution is -2.55. The predicted octanol–water partition coefficient (Wildman–Crippen LogP) is 5.07. The molecule has 6 nitrogen and oxygen atoms in total. The average molecular weight is 463 g/mol. The zero-order chi connectivity index (χ0) is 24.0. The van der Waals surface area contributed by atoms with Crippen LogP contribution < -0.4 is 0 Å². The number of hydrogen-bond acceptors (Lipinski definition) is 6. The van der Waals surface area contributed by atoms with Crippen molar-refractivity contribution in [2.75, 3.05) is 6.61 Å². The highest BCUT2D eigenvalue weighted by Gasteiger charge is 2.61. The third kappa shape index (κ3) is 4.55. The summed E-state index contributed by atoms with van der Waals surface area (Å²) < 4.78 is 16.6. The summed E-state index contributed by atoms with van der Waals surface area (Å²) in [5.74, 6) is 2.13. The van der Waals surface area contributed by atoms with Crippen LogP contribution in [0, 0.1) is 40.4 Å². The predicted molar refractivity (Wildman–Crippen MR) is 123 cm³/mol. The smallest absolute Gasteiger partial charge is 0.303 e. The monoisotopic (exact) mass is 462 g/mol. The summed E-state index contributed by atoms with van der Waals surface area (Å²) in [6, 6.07) is 0. The van der Waals surface area contributed by atoms with E-state index in [1.807, 2.05) is 0 Å². The Hall–Kier alpha value is -1.59. The van der Waals surface area contributed by atoms with Crippen LogP contribution in [0.25, 0.3) is 0 Å². The summed E-state index contributed by atoms with van der Waals surface area (Å²) in [5, 5.41) is 0. The first-order valence-electron chi connectivity index (χ1n) is 13.0. The lowest BCUT2D eigenvalue weighted by molar-refractivity contribution is -0.171. The van der Waals surface area contributed by atoms with Gasteiger partial charge in [-0.1, -0.05) is 13.8 Å². The van der Waals surface area contributed by atoms with Crippen molar-refractivity contribution in [1.82, 2.24) is 0 Å². The van der Waals surface area contributed by atoms with Gasteiger partial charge >= 0.3 is 17.9 Å². The molecule has 186 valence electrons. The summed E-state index contributed by atoms with van der Waals surface area (Å²) >= 11 is 0. The average Bonchev–Trinajstić information content (AvgIpc) is 3.08.